The van der Waals surface area contributed by atoms with Crippen molar-refractivity contribution in [2.45, 2.75) is 20.3 Å². The lowest BCUT2D eigenvalue weighted by Crippen LogP contribution is -2.26. The molecule has 0 unspecified atom stereocenters. The summed E-state index contributed by atoms with van der Waals surface area (Å²) >= 11 is 5.99. The summed E-state index contributed by atoms with van der Waals surface area (Å²) in [6, 6.07) is 11.6. The van der Waals surface area contributed by atoms with Crippen LogP contribution in [0.15, 0.2) is 42.5 Å². The van der Waals surface area contributed by atoms with Gasteiger partial charge in [0.1, 0.15) is 22.7 Å². The van der Waals surface area contributed by atoms with E-state index in [0.717, 1.165) is 6.42 Å². The fourth-order valence-electron chi connectivity index (χ4n) is 3.33. The minimum atomic E-state index is -0.543. The van der Waals surface area contributed by atoms with Crippen molar-refractivity contribution >= 4 is 45.5 Å². The highest BCUT2D eigenvalue weighted by Crippen LogP contribution is 2.32. The van der Waals surface area contributed by atoms with E-state index in [1.807, 2.05) is 24.3 Å². The van der Waals surface area contributed by atoms with E-state index in [1.54, 1.807) is 4.57 Å². The summed E-state index contributed by atoms with van der Waals surface area (Å²) in [5.41, 5.74) is 9.25. The Kier molecular flexibility index (Phi) is 5.30. The number of halogens is 2. The molecule has 1 amide bonds. The number of hydrogen-bond donors (Lipinski definition) is 2. The predicted octanol–water partition coefficient (Wildman–Crippen LogP) is 4.72. The predicted molar refractivity (Wildman–Crippen MR) is 118 cm³/mol. The molecule has 3 N–H and O–H groups in total. The maximum absolute atomic E-state index is 13.7. The van der Waals surface area contributed by atoms with Crippen LogP contribution < -0.4 is 11.1 Å². The number of para-hydroxylation sites is 2. The van der Waals surface area contributed by atoms with Gasteiger partial charge in [0.2, 0.25) is 0 Å². The van der Waals surface area contributed by atoms with Gasteiger partial charge in [-0.3, -0.25) is 9.36 Å². The second kappa shape index (κ2) is 7.91. The number of nitrogens with zero attached hydrogens (tertiary/aromatic N) is 3. The van der Waals surface area contributed by atoms with E-state index >= 15 is 0 Å². The van der Waals surface area contributed by atoms with Gasteiger partial charge in [-0.1, -0.05) is 37.6 Å². The minimum Gasteiger partial charge on any atom is -0.384 e. The van der Waals surface area contributed by atoms with Crippen LogP contribution in [0.3, 0.4) is 0 Å². The summed E-state index contributed by atoms with van der Waals surface area (Å²) < 4.78 is 15.3. The van der Waals surface area contributed by atoms with E-state index in [1.165, 1.54) is 18.2 Å². The number of aromatic nitrogens is 3. The van der Waals surface area contributed by atoms with E-state index in [4.69, 9.17) is 17.3 Å². The van der Waals surface area contributed by atoms with Crippen molar-refractivity contribution in [1.29, 1.82) is 0 Å². The van der Waals surface area contributed by atoms with Crippen molar-refractivity contribution in [2.24, 2.45) is 5.92 Å². The minimum absolute atomic E-state index is 0.0505. The molecule has 154 valence electrons. The maximum atomic E-state index is 13.7. The Bertz CT molecular complexity index is 1270. The fourth-order valence-corrected chi connectivity index (χ4v) is 3.51. The summed E-state index contributed by atoms with van der Waals surface area (Å²) in [5, 5.41) is 2.86. The number of carbonyl (C=O) groups excluding carboxylic acids is 1. The maximum Gasteiger partial charge on any atom is 0.257 e. The number of hydrogen-bond acceptors (Lipinski definition) is 4. The van der Waals surface area contributed by atoms with Crippen LogP contribution in [0.2, 0.25) is 5.02 Å². The van der Waals surface area contributed by atoms with Crippen molar-refractivity contribution < 1.29 is 9.18 Å². The Labute approximate surface area is 177 Å². The normalized spacial score (nSPS) is 11.5. The zero-order valence-corrected chi connectivity index (χ0v) is 17.4. The van der Waals surface area contributed by atoms with Crippen LogP contribution in [0.1, 0.15) is 30.6 Å². The van der Waals surface area contributed by atoms with Crippen molar-refractivity contribution in [3.05, 3.63) is 58.9 Å². The van der Waals surface area contributed by atoms with Crippen molar-refractivity contribution in [2.75, 3.05) is 12.3 Å². The van der Waals surface area contributed by atoms with Crippen LogP contribution >= 0.6 is 11.6 Å². The smallest absolute Gasteiger partial charge is 0.257 e. The molecule has 0 saturated heterocycles. The summed E-state index contributed by atoms with van der Waals surface area (Å²) in [5.74, 6) is -0.243. The zero-order valence-electron chi connectivity index (χ0n) is 16.6. The standard InChI is InChI=1S/C22H21ClFN5O/c1-12(2)9-10-26-22(30)18-19-21(28-17-6-4-3-5-16(17)27-19)29(20(18)25)13-7-8-15(24)14(23)11-13/h3-8,11-12H,9-10,25H2,1-2H3,(H,26,30). The molecule has 2 heterocycles. The van der Waals surface area contributed by atoms with E-state index in [-0.39, 0.29) is 22.3 Å². The quantitative estimate of drug-likeness (QED) is 0.484. The van der Waals surface area contributed by atoms with Crippen molar-refractivity contribution in [3.8, 4) is 5.69 Å². The molecular weight excluding hydrogens is 405 g/mol. The first-order valence-corrected chi connectivity index (χ1v) is 10.0. The monoisotopic (exact) mass is 425 g/mol. The molecule has 0 aliphatic heterocycles. The van der Waals surface area contributed by atoms with Gasteiger partial charge >= 0.3 is 0 Å². The Hall–Kier alpha value is -3.19. The molecule has 4 rings (SSSR count). The fraction of sp³-hybridized carbons (Fsp3) is 0.227. The van der Waals surface area contributed by atoms with Gasteiger partial charge in [-0.2, -0.15) is 0 Å². The third kappa shape index (κ3) is 3.57. The largest absolute Gasteiger partial charge is 0.384 e. The summed E-state index contributed by atoms with van der Waals surface area (Å²) in [7, 11) is 0. The number of amides is 1. The second-order valence-corrected chi connectivity index (χ2v) is 7.92. The molecule has 8 heteroatoms. The number of rotatable bonds is 5. The summed E-state index contributed by atoms with van der Waals surface area (Å²) in [6.07, 6.45) is 0.840. The Morgan fingerprint density at radius 1 is 1.20 bits per heavy atom. The lowest BCUT2D eigenvalue weighted by Gasteiger charge is -2.09. The number of carbonyl (C=O) groups is 1. The Morgan fingerprint density at radius 3 is 2.57 bits per heavy atom. The van der Waals surface area contributed by atoms with E-state index in [9.17, 15) is 9.18 Å². The van der Waals surface area contributed by atoms with Gasteiger partial charge in [0.05, 0.1) is 21.7 Å². The lowest BCUT2D eigenvalue weighted by atomic mass is 10.1. The molecular formula is C22H21ClFN5O. The number of nitrogens with two attached hydrogens (primary N) is 1. The van der Waals surface area contributed by atoms with Crippen molar-refractivity contribution in [1.82, 2.24) is 19.9 Å². The van der Waals surface area contributed by atoms with Crippen LogP contribution in [0.25, 0.3) is 27.9 Å². The van der Waals surface area contributed by atoms with Gasteiger partial charge in [0, 0.05) is 6.54 Å². The number of nitrogens with one attached hydrogen (secondary N) is 1. The van der Waals surface area contributed by atoms with Crippen LogP contribution in [-0.2, 0) is 0 Å². The first kappa shape index (κ1) is 20.1. The van der Waals surface area contributed by atoms with Gasteiger partial charge in [0.25, 0.3) is 5.91 Å². The molecule has 30 heavy (non-hydrogen) atoms. The van der Waals surface area contributed by atoms with Gasteiger partial charge in [-0.05, 0) is 42.7 Å². The van der Waals surface area contributed by atoms with Crippen LogP contribution in [0.4, 0.5) is 10.2 Å². The van der Waals surface area contributed by atoms with Crippen LogP contribution in [0, 0.1) is 11.7 Å². The molecule has 2 aromatic carbocycles. The third-order valence-electron chi connectivity index (χ3n) is 4.89. The van der Waals surface area contributed by atoms with Crippen molar-refractivity contribution in [3.63, 3.8) is 0 Å². The molecule has 0 aliphatic rings. The molecule has 0 spiro atoms. The molecule has 0 bridgehead atoms. The number of benzene rings is 2. The summed E-state index contributed by atoms with van der Waals surface area (Å²) in [6.45, 7) is 4.69. The molecule has 2 aromatic heterocycles. The average molecular weight is 426 g/mol. The van der Waals surface area contributed by atoms with Gasteiger partial charge < -0.3 is 11.1 Å². The zero-order chi connectivity index (χ0) is 21.4. The van der Waals surface area contributed by atoms with Gasteiger partial charge in [0.15, 0.2) is 5.65 Å². The van der Waals surface area contributed by atoms with Gasteiger partial charge in [-0.25, -0.2) is 14.4 Å². The molecule has 6 nitrogen and oxygen atoms in total. The number of fused-ring (bicyclic) bond motifs is 2. The average Bonchev–Trinajstić information content (AvgIpc) is 2.98. The number of anilines is 1. The van der Waals surface area contributed by atoms with E-state index in [0.29, 0.717) is 40.3 Å². The highest BCUT2D eigenvalue weighted by atomic mass is 35.5. The highest BCUT2D eigenvalue weighted by Gasteiger charge is 2.25. The Balaban J connectivity index is 1.94. The van der Waals surface area contributed by atoms with Crippen LogP contribution in [0.5, 0.6) is 0 Å². The second-order valence-electron chi connectivity index (χ2n) is 7.52. The molecule has 4 aromatic rings. The van der Waals surface area contributed by atoms with E-state index in [2.05, 4.69) is 29.1 Å². The van der Waals surface area contributed by atoms with Gasteiger partial charge in [-0.15, -0.1) is 0 Å². The third-order valence-corrected chi connectivity index (χ3v) is 5.18. The first-order chi connectivity index (χ1) is 14.4. The molecule has 0 fully saturated rings. The summed E-state index contributed by atoms with van der Waals surface area (Å²) in [4.78, 5) is 22.3. The van der Waals surface area contributed by atoms with E-state index < -0.39 is 5.82 Å². The highest BCUT2D eigenvalue weighted by molar-refractivity contribution is 6.31. The molecule has 0 aliphatic carbocycles. The number of nitrogen functional groups attached to an aromatic ring is 1. The Morgan fingerprint density at radius 2 is 1.90 bits per heavy atom. The molecule has 0 saturated carbocycles. The molecule has 0 atom stereocenters. The molecule has 0 radical (unpaired) electrons. The lowest BCUT2D eigenvalue weighted by molar-refractivity contribution is 0.0954. The topological polar surface area (TPSA) is 85.8 Å². The van der Waals surface area contributed by atoms with Crippen LogP contribution in [-0.4, -0.2) is 27.0 Å². The first-order valence-electron chi connectivity index (χ1n) is 9.67. The SMILES string of the molecule is CC(C)CCNC(=O)c1c(N)n(-c2ccc(F)c(Cl)c2)c2nc3ccccc3nc12.